The Morgan fingerprint density at radius 3 is 2.73 bits per heavy atom. The van der Waals surface area contributed by atoms with Crippen molar-refractivity contribution in [1.82, 2.24) is 15.0 Å². The lowest BCUT2D eigenvalue weighted by Crippen LogP contribution is -2.33. The molecule has 2 aromatic heterocycles. The molecule has 116 valence electrons. The Kier molecular flexibility index (Phi) is 4.49. The average molecular weight is 322 g/mol. The van der Waals surface area contributed by atoms with Gasteiger partial charge in [0.2, 0.25) is 11.9 Å². The number of nitrogens with two attached hydrogens (primary N) is 1. The number of pyridine rings is 1. The lowest BCUT2D eigenvalue weighted by atomic mass is 9.92. The molecule has 1 aliphatic carbocycles. The molecule has 0 aromatic carbocycles. The van der Waals surface area contributed by atoms with Gasteiger partial charge in [0, 0.05) is 29.9 Å². The maximum absolute atomic E-state index is 13.3. The molecule has 0 unspecified atom stereocenters. The van der Waals surface area contributed by atoms with Crippen molar-refractivity contribution in [2.24, 2.45) is 5.73 Å². The van der Waals surface area contributed by atoms with Crippen molar-refractivity contribution >= 4 is 17.5 Å². The molecule has 0 saturated heterocycles. The third-order valence-electron chi connectivity index (χ3n) is 3.85. The van der Waals surface area contributed by atoms with E-state index < -0.39 is 5.95 Å². The number of nitrogens with one attached hydrogen (secondary N) is 1. The molecule has 1 saturated carbocycles. The molecule has 3 rings (SSSR count). The molecule has 1 aliphatic rings. The van der Waals surface area contributed by atoms with E-state index in [1.54, 1.807) is 6.07 Å². The van der Waals surface area contributed by atoms with Crippen LogP contribution in [0, 0.1) is 5.95 Å². The van der Waals surface area contributed by atoms with Gasteiger partial charge in [-0.3, -0.25) is 0 Å². The van der Waals surface area contributed by atoms with Gasteiger partial charge in [0.15, 0.2) is 0 Å². The van der Waals surface area contributed by atoms with Crippen molar-refractivity contribution in [2.75, 3.05) is 5.32 Å². The zero-order valence-corrected chi connectivity index (χ0v) is 12.7. The van der Waals surface area contributed by atoms with E-state index >= 15 is 0 Å². The molecule has 3 N–H and O–H groups in total. The molecule has 0 atom stereocenters. The van der Waals surface area contributed by atoms with Crippen molar-refractivity contribution in [3.05, 3.63) is 35.5 Å². The van der Waals surface area contributed by atoms with E-state index in [0.717, 1.165) is 25.7 Å². The molecule has 2 heterocycles. The van der Waals surface area contributed by atoms with E-state index in [-0.39, 0.29) is 0 Å². The van der Waals surface area contributed by atoms with E-state index in [4.69, 9.17) is 17.3 Å². The standard InChI is InChI=1S/C15H17ClFN5/c16-12-8-20-15(21-11-3-1-10(18)2-4-11)22-14(12)9-5-6-19-13(17)7-9/h5-8,10-11H,1-4,18H2,(H,20,21,22)/t10-,11-. The highest BCUT2D eigenvalue weighted by molar-refractivity contribution is 6.32. The number of nitrogens with zero attached hydrogens (tertiary/aromatic N) is 3. The van der Waals surface area contributed by atoms with Gasteiger partial charge in [0.1, 0.15) is 0 Å². The topological polar surface area (TPSA) is 76.7 Å². The minimum atomic E-state index is -0.567. The molecule has 0 radical (unpaired) electrons. The van der Waals surface area contributed by atoms with Gasteiger partial charge in [-0.25, -0.2) is 15.0 Å². The van der Waals surface area contributed by atoms with Crippen LogP contribution in [0.25, 0.3) is 11.3 Å². The van der Waals surface area contributed by atoms with Crippen LogP contribution in [0.1, 0.15) is 25.7 Å². The first kappa shape index (κ1) is 15.1. The Labute approximate surface area is 133 Å². The molecule has 0 spiro atoms. The van der Waals surface area contributed by atoms with Crippen LogP contribution in [0.15, 0.2) is 24.5 Å². The fourth-order valence-corrected chi connectivity index (χ4v) is 2.84. The third-order valence-corrected chi connectivity index (χ3v) is 4.13. The van der Waals surface area contributed by atoms with Gasteiger partial charge < -0.3 is 11.1 Å². The summed E-state index contributed by atoms with van der Waals surface area (Å²) in [6.45, 7) is 0. The maximum Gasteiger partial charge on any atom is 0.223 e. The highest BCUT2D eigenvalue weighted by atomic mass is 35.5. The van der Waals surface area contributed by atoms with Gasteiger partial charge >= 0.3 is 0 Å². The Morgan fingerprint density at radius 2 is 2.00 bits per heavy atom. The summed E-state index contributed by atoms with van der Waals surface area (Å²) >= 11 is 6.13. The summed E-state index contributed by atoms with van der Waals surface area (Å²) in [6, 6.07) is 3.57. The second-order valence-corrected chi connectivity index (χ2v) is 5.92. The lowest BCUT2D eigenvalue weighted by Gasteiger charge is -2.26. The summed E-state index contributed by atoms with van der Waals surface area (Å²) in [5.74, 6) is -0.0694. The minimum Gasteiger partial charge on any atom is -0.351 e. The molecule has 7 heteroatoms. The van der Waals surface area contributed by atoms with Crippen LogP contribution in [0.5, 0.6) is 0 Å². The largest absolute Gasteiger partial charge is 0.351 e. The minimum absolute atomic E-state index is 0.291. The number of hydrogen-bond donors (Lipinski definition) is 2. The van der Waals surface area contributed by atoms with Crippen LogP contribution in [-0.2, 0) is 0 Å². The third kappa shape index (κ3) is 3.51. The van der Waals surface area contributed by atoms with Crippen molar-refractivity contribution in [1.29, 1.82) is 0 Å². The molecule has 5 nitrogen and oxygen atoms in total. The molecule has 0 aliphatic heterocycles. The van der Waals surface area contributed by atoms with Gasteiger partial charge in [-0.15, -0.1) is 0 Å². The molecule has 0 bridgehead atoms. The lowest BCUT2D eigenvalue weighted by molar-refractivity contribution is 0.410. The van der Waals surface area contributed by atoms with Crippen LogP contribution in [0.3, 0.4) is 0 Å². The summed E-state index contributed by atoms with van der Waals surface area (Å²) in [5.41, 5.74) is 6.98. The van der Waals surface area contributed by atoms with Gasteiger partial charge in [0.05, 0.1) is 16.9 Å². The zero-order chi connectivity index (χ0) is 15.5. The van der Waals surface area contributed by atoms with E-state index in [2.05, 4.69) is 20.3 Å². The summed E-state index contributed by atoms with van der Waals surface area (Å²) < 4.78 is 13.3. The van der Waals surface area contributed by atoms with Crippen LogP contribution in [-0.4, -0.2) is 27.0 Å². The van der Waals surface area contributed by atoms with Crippen LogP contribution >= 0.6 is 11.6 Å². The molecular formula is C15H17ClFN5. The van der Waals surface area contributed by atoms with Crippen molar-refractivity contribution in [3.63, 3.8) is 0 Å². The summed E-state index contributed by atoms with van der Waals surface area (Å²) in [4.78, 5) is 12.2. The monoisotopic (exact) mass is 321 g/mol. The fraction of sp³-hybridized carbons (Fsp3) is 0.400. The Morgan fingerprint density at radius 1 is 1.23 bits per heavy atom. The van der Waals surface area contributed by atoms with Crippen molar-refractivity contribution < 1.29 is 4.39 Å². The molecule has 22 heavy (non-hydrogen) atoms. The van der Waals surface area contributed by atoms with Gasteiger partial charge in [-0.2, -0.15) is 4.39 Å². The molecule has 2 aromatic rings. The Hall–Kier alpha value is -1.79. The quantitative estimate of drug-likeness (QED) is 0.850. The predicted octanol–water partition coefficient (Wildman–Crippen LogP) is 3.01. The van der Waals surface area contributed by atoms with Gasteiger partial charge in [-0.1, -0.05) is 11.6 Å². The molecule has 1 fully saturated rings. The predicted molar refractivity (Wildman–Crippen MR) is 84.1 cm³/mol. The van der Waals surface area contributed by atoms with E-state index in [0.29, 0.717) is 34.3 Å². The van der Waals surface area contributed by atoms with Crippen molar-refractivity contribution in [2.45, 2.75) is 37.8 Å². The van der Waals surface area contributed by atoms with Crippen LogP contribution in [0.4, 0.5) is 10.3 Å². The highest BCUT2D eigenvalue weighted by Crippen LogP contribution is 2.27. The average Bonchev–Trinajstić information content (AvgIpc) is 2.51. The highest BCUT2D eigenvalue weighted by Gasteiger charge is 2.19. The second kappa shape index (κ2) is 6.54. The second-order valence-electron chi connectivity index (χ2n) is 5.51. The number of rotatable bonds is 3. The maximum atomic E-state index is 13.3. The van der Waals surface area contributed by atoms with E-state index in [1.807, 2.05) is 0 Å². The normalized spacial score (nSPS) is 21.6. The number of halogens is 2. The first-order valence-electron chi connectivity index (χ1n) is 7.28. The molecule has 0 amide bonds. The SMILES string of the molecule is N[C@H]1CC[C@H](Nc2ncc(Cl)c(-c3ccnc(F)c3)n2)CC1. The molecular weight excluding hydrogens is 305 g/mol. The summed E-state index contributed by atoms with van der Waals surface area (Å²) in [6.07, 6.45) is 6.89. The van der Waals surface area contributed by atoms with E-state index in [1.165, 1.54) is 18.5 Å². The number of anilines is 1. The number of hydrogen-bond acceptors (Lipinski definition) is 5. The van der Waals surface area contributed by atoms with Crippen LogP contribution in [0.2, 0.25) is 5.02 Å². The number of aromatic nitrogens is 3. The smallest absolute Gasteiger partial charge is 0.223 e. The zero-order valence-electron chi connectivity index (χ0n) is 12.0. The first-order valence-corrected chi connectivity index (χ1v) is 7.66. The summed E-state index contributed by atoms with van der Waals surface area (Å²) in [5, 5.41) is 3.68. The van der Waals surface area contributed by atoms with Crippen LogP contribution < -0.4 is 11.1 Å². The fourth-order valence-electron chi connectivity index (χ4n) is 2.63. The van der Waals surface area contributed by atoms with Gasteiger partial charge in [0.25, 0.3) is 0 Å². The summed E-state index contributed by atoms with van der Waals surface area (Å²) in [7, 11) is 0. The first-order chi connectivity index (χ1) is 10.6. The Balaban J connectivity index is 1.81. The Bertz CT molecular complexity index is 658. The van der Waals surface area contributed by atoms with Crippen molar-refractivity contribution in [3.8, 4) is 11.3 Å². The van der Waals surface area contributed by atoms with Gasteiger partial charge in [-0.05, 0) is 31.7 Å². The van der Waals surface area contributed by atoms with E-state index in [9.17, 15) is 4.39 Å².